The topological polar surface area (TPSA) is 27.7 Å². The third-order valence-corrected chi connectivity index (χ3v) is 3.78. The van der Waals surface area contributed by atoms with E-state index in [0.29, 0.717) is 6.61 Å². The van der Waals surface area contributed by atoms with Gasteiger partial charge in [0.1, 0.15) is 12.4 Å². The second kappa shape index (κ2) is 8.47. The Kier molecular flexibility index (Phi) is 6.60. The summed E-state index contributed by atoms with van der Waals surface area (Å²) in [5, 5.41) is 4.09. The molecule has 2 rings (SSSR count). The molecular weight excluding hydrogens is 274 g/mol. The van der Waals surface area contributed by atoms with Crippen molar-refractivity contribution in [2.24, 2.45) is 0 Å². The molecule has 0 radical (unpaired) electrons. The van der Waals surface area contributed by atoms with Gasteiger partial charge in [-0.15, -0.1) is 0 Å². The molecule has 20 heavy (non-hydrogen) atoms. The average molecular weight is 298 g/mol. The molecular formula is C15H24ClN3O. The normalized spacial score (nSPS) is 16.6. The highest BCUT2D eigenvalue weighted by Gasteiger charge is 2.09. The molecule has 5 heteroatoms. The van der Waals surface area contributed by atoms with Crippen LogP contribution < -0.4 is 10.1 Å². The van der Waals surface area contributed by atoms with E-state index in [2.05, 4.69) is 22.2 Å². The van der Waals surface area contributed by atoms with E-state index in [1.807, 2.05) is 24.3 Å². The predicted molar refractivity (Wildman–Crippen MR) is 83.8 cm³/mol. The number of benzene rings is 1. The van der Waals surface area contributed by atoms with Crippen LogP contribution in [0, 0.1) is 0 Å². The molecule has 0 atom stereocenters. The number of ether oxygens (including phenoxy) is 1. The summed E-state index contributed by atoms with van der Waals surface area (Å²) >= 11 is 5.92. The predicted octanol–water partition coefficient (Wildman–Crippen LogP) is 1.56. The maximum absolute atomic E-state index is 5.92. The second-order valence-corrected chi connectivity index (χ2v) is 5.64. The minimum absolute atomic E-state index is 0.693. The van der Waals surface area contributed by atoms with Gasteiger partial charge in [0.15, 0.2) is 0 Å². The summed E-state index contributed by atoms with van der Waals surface area (Å²) in [6.07, 6.45) is 0. The monoisotopic (exact) mass is 297 g/mol. The Balaban J connectivity index is 1.58. The highest BCUT2D eigenvalue weighted by Crippen LogP contribution is 2.16. The van der Waals surface area contributed by atoms with Gasteiger partial charge in [0.05, 0.1) is 0 Å². The first kappa shape index (κ1) is 15.6. The van der Waals surface area contributed by atoms with Crippen LogP contribution in [0.3, 0.4) is 0 Å². The van der Waals surface area contributed by atoms with Gasteiger partial charge in [0.2, 0.25) is 0 Å². The van der Waals surface area contributed by atoms with Crippen LogP contribution in [0.15, 0.2) is 24.3 Å². The molecule has 1 aliphatic heterocycles. The minimum Gasteiger partial charge on any atom is -0.492 e. The van der Waals surface area contributed by atoms with Crippen LogP contribution in [0.1, 0.15) is 0 Å². The van der Waals surface area contributed by atoms with Crippen LogP contribution >= 0.6 is 11.6 Å². The summed E-state index contributed by atoms with van der Waals surface area (Å²) in [4.78, 5) is 4.82. The van der Waals surface area contributed by atoms with Gasteiger partial charge < -0.3 is 15.0 Å². The van der Waals surface area contributed by atoms with Gasteiger partial charge in [0.25, 0.3) is 0 Å². The Morgan fingerprint density at radius 3 is 2.85 bits per heavy atom. The summed E-state index contributed by atoms with van der Waals surface area (Å²) in [7, 11) is 2.14. The number of rotatable bonds is 7. The molecule has 0 amide bonds. The number of likely N-dealkylation sites (N-methyl/N-ethyl adjacent to an activating group) is 1. The number of nitrogens with one attached hydrogen (secondary N) is 1. The first-order valence-corrected chi connectivity index (χ1v) is 7.62. The fraction of sp³-hybridized carbons (Fsp3) is 0.600. The molecule has 1 aromatic carbocycles. The van der Waals surface area contributed by atoms with Crippen LogP contribution in [-0.2, 0) is 0 Å². The second-order valence-electron chi connectivity index (χ2n) is 5.20. The van der Waals surface area contributed by atoms with Crippen molar-refractivity contribution >= 4 is 11.6 Å². The molecule has 1 fully saturated rings. The summed E-state index contributed by atoms with van der Waals surface area (Å²) in [5.41, 5.74) is 0. The number of halogens is 1. The molecule has 0 aromatic heterocycles. The van der Waals surface area contributed by atoms with Gasteiger partial charge in [0, 0.05) is 50.8 Å². The third kappa shape index (κ3) is 5.67. The van der Waals surface area contributed by atoms with E-state index in [0.717, 1.165) is 56.6 Å². The van der Waals surface area contributed by atoms with Crippen molar-refractivity contribution < 1.29 is 4.74 Å². The summed E-state index contributed by atoms with van der Waals surface area (Å²) in [6, 6.07) is 7.55. The lowest BCUT2D eigenvalue weighted by atomic mass is 10.3. The third-order valence-electron chi connectivity index (χ3n) is 3.55. The van der Waals surface area contributed by atoms with Crippen molar-refractivity contribution in [2.45, 2.75) is 0 Å². The van der Waals surface area contributed by atoms with Crippen LogP contribution in [0.5, 0.6) is 5.75 Å². The Hall–Kier alpha value is -0.810. The first-order chi connectivity index (χ1) is 9.74. The Morgan fingerprint density at radius 2 is 2.10 bits per heavy atom. The molecule has 112 valence electrons. The van der Waals surface area contributed by atoms with Crippen molar-refractivity contribution in [2.75, 3.05) is 59.5 Å². The molecule has 0 unspecified atom stereocenters. The van der Waals surface area contributed by atoms with E-state index in [-0.39, 0.29) is 0 Å². The molecule has 0 bridgehead atoms. The molecule has 1 N–H and O–H groups in total. The Morgan fingerprint density at radius 1 is 1.30 bits per heavy atom. The van der Waals surface area contributed by atoms with Crippen LogP contribution in [-0.4, -0.2) is 69.3 Å². The maximum atomic E-state index is 5.92. The van der Waals surface area contributed by atoms with Crippen molar-refractivity contribution in [3.8, 4) is 5.75 Å². The zero-order valence-electron chi connectivity index (χ0n) is 12.1. The summed E-state index contributed by atoms with van der Waals surface area (Å²) in [5.74, 6) is 0.841. The van der Waals surface area contributed by atoms with Gasteiger partial charge in [-0.1, -0.05) is 17.7 Å². The molecule has 1 aliphatic rings. The number of nitrogens with zero attached hydrogens (tertiary/aromatic N) is 2. The Labute approximate surface area is 126 Å². The smallest absolute Gasteiger partial charge is 0.120 e. The molecule has 0 saturated carbocycles. The summed E-state index contributed by atoms with van der Waals surface area (Å²) < 4.78 is 5.70. The SMILES string of the molecule is CN(CCOc1cccc(Cl)c1)CCN1CCNCC1. The van der Waals surface area contributed by atoms with E-state index >= 15 is 0 Å². The van der Waals surface area contributed by atoms with Crippen LogP contribution in [0.25, 0.3) is 0 Å². The van der Waals surface area contributed by atoms with Crippen LogP contribution in [0.2, 0.25) is 5.02 Å². The minimum atomic E-state index is 0.693. The lowest BCUT2D eigenvalue weighted by Crippen LogP contribution is -2.46. The molecule has 1 saturated heterocycles. The standard InChI is InChI=1S/C15H24ClN3O/c1-18(9-10-19-7-5-17-6-8-19)11-12-20-15-4-2-3-14(16)13-15/h2-4,13,17H,5-12H2,1H3. The van der Waals surface area contributed by atoms with Gasteiger partial charge in [-0.3, -0.25) is 4.90 Å². The lowest BCUT2D eigenvalue weighted by Gasteiger charge is -2.29. The van der Waals surface area contributed by atoms with Crippen molar-refractivity contribution in [3.63, 3.8) is 0 Å². The molecule has 1 aromatic rings. The Bertz CT molecular complexity index is 396. The fourth-order valence-electron chi connectivity index (χ4n) is 2.23. The lowest BCUT2D eigenvalue weighted by molar-refractivity contribution is 0.187. The number of piperazine rings is 1. The largest absolute Gasteiger partial charge is 0.492 e. The average Bonchev–Trinajstić information content (AvgIpc) is 2.46. The molecule has 4 nitrogen and oxygen atoms in total. The highest BCUT2D eigenvalue weighted by atomic mass is 35.5. The van der Waals surface area contributed by atoms with Gasteiger partial charge in [-0.25, -0.2) is 0 Å². The molecule has 1 heterocycles. The maximum Gasteiger partial charge on any atom is 0.120 e. The molecule has 0 spiro atoms. The van der Waals surface area contributed by atoms with E-state index in [9.17, 15) is 0 Å². The van der Waals surface area contributed by atoms with E-state index < -0.39 is 0 Å². The van der Waals surface area contributed by atoms with Crippen molar-refractivity contribution in [3.05, 3.63) is 29.3 Å². The highest BCUT2D eigenvalue weighted by molar-refractivity contribution is 6.30. The van der Waals surface area contributed by atoms with E-state index in [1.165, 1.54) is 0 Å². The zero-order valence-corrected chi connectivity index (χ0v) is 12.9. The van der Waals surface area contributed by atoms with Gasteiger partial charge in [-0.2, -0.15) is 0 Å². The summed E-state index contributed by atoms with van der Waals surface area (Å²) in [6.45, 7) is 8.38. The van der Waals surface area contributed by atoms with Gasteiger partial charge in [-0.05, 0) is 25.2 Å². The van der Waals surface area contributed by atoms with Crippen LogP contribution in [0.4, 0.5) is 0 Å². The fourth-order valence-corrected chi connectivity index (χ4v) is 2.42. The zero-order chi connectivity index (χ0) is 14.2. The van der Waals surface area contributed by atoms with E-state index in [1.54, 1.807) is 0 Å². The number of hydrogen-bond donors (Lipinski definition) is 1. The van der Waals surface area contributed by atoms with Gasteiger partial charge >= 0.3 is 0 Å². The van der Waals surface area contributed by atoms with Crippen molar-refractivity contribution in [1.82, 2.24) is 15.1 Å². The first-order valence-electron chi connectivity index (χ1n) is 7.24. The molecule has 0 aliphatic carbocycles. The van der Waals surface area contributed by atoms with Crippen molar-refractivity contribution in [1.29, 1.82) is 0 Å². The number of hydrogen-bond acceptors (Lipinski definition) is 4. The quantitative estimate of drug-likeness (QED) is 0.826. The van der Waals surface area contributed by atoms with E-state index in [4.69, 9.17) is 16.3 Å².